The highest BCUT2D eigenvalue weighted by atomic mass is 35.5. The molecule has 1 aromatic carbocycles. The van der Waals surface area contributed by atoms with Gasteiger partial charge < -0.3 is 9.47 Å². The minimum Gasteiger partial charge on any atom is -0.457 e. The number of benzene rings is 1. The summed E-state index contributed by atoms with van der Waals surface area (Å²) in [6.45, 7) is 2.41. The van der Waals surface area contributed by atoms with Crippen molar-refractivity contribution in [2.75, 3.05) is 6.61 Å². The van der Waals surface area contributed by atoms with Crippen LogP contribution in [0.25, 0.3) is 0 Å². The molecule has 4 nitrogen and oxygen atoms in total. The second-order valence-electron chi connectivity index (χ2n) is 4.75. The molecule has 0 spiro atoms. The van der Waals surface area contributed by atoms with E-state index in [0.717, 1.165) is 19.3 Å². The molecule has 1 aromatic rings. The molecule has 0 aliphatic heterocycles. The molecule has 0 radical (unpaired) electrons. The van der Waals surface area contributed by atoms with Crippen LogP contribution in [0, 0.1) is 0 Å². The molecule has 0 saturated heterocycles. The van der Waals surface area contributed by atoms with Gasteiger partial charge in [-0.15, -0.1) is 0 Å². The molecule has 5 heteroatoms. The van der Waals surface area contributed by atoms with E-state index in [1.54, 1.807) is 12.1 Å². The minimum atomic E-state index is -1.01. The van der Waals surface area contributed by atoms with E-state index in [9.17, 15) is 9.59 Å². The Morgan fingerprint density at radius 3 is 2.24 bits per heavy atom. The predicted molar refractivity (Wildman–Crippen MR) is 81.4 cm³/mol. The molecular weight excluding hydrogens is 292 g/mol. The number of carbonyl (C=O) groups is 2. The van der Waals surface area contributed by atoms with Crippen molar-refractivity contribution in [3.8, 4) is 5.75 Å². The second-order valence-corrected chi connectivity index (χ2v) is 5.18. The summed E-state index contributed by atoms with van der Waals surface area (Å²) in [6.07, 6.45) is 6.52. The highest BCUT2D eigenvalue weighted by Gasteiger charge is 2.17. The van der Waals surface area contributed by atoms with Gasteiger partial charge in [-0.3, -0.25) is 0 Å². The number of halogens is 1. The zero-order valence-electron chi connectivity index (χ0n) is 12.3. The van der Waals surface area contributed by atoms with Gasteiger partial charge in [-0.25, -0.2) is 9.59 Å². The summed E-state index contributed by atoms with van der Waals surface area (Å²) in [5.41, 5.74) is 0. The summed E-state index contributed by atoms with van der Waals surface area (Å²) < 4.78 is 9.74. The summed E-state index contributed by atoms with van der Waals surface area (Å²) >= 11 is 5.71. The van der Waals surface area contributed by atoms with E-state index in [1.165, 1.54) is 31.4 Å². The maximum absolute atomic E-state index is 11.5. The average molecular weight is 313 g/mol. The molecular formula is C16H21ClO4. The highest BCUT2D eigenvalue weighted by Crippen LogP contribution is 2.15. The Labute approximate surface area is 130 Å². The number of carbonyl (C=O) groups excluding carboxylic acids is 2. The van der Waals surface area contributed by atoms with Crippen LogP contribution in [-0.4, -0.2) is 18.5 Å². The minimum absolute atomic E-state index is 0.251. The Morgan fingerprint density at radius 1 is 0.952 bits per heavy atom. The summed E-state index contributed by atoms with van der Waals surface area (Å²) in [5.74, 6) is -1.71. The van der Waals surface area contributed by atoms with Gasteiger partial charge >= 0.3 is 11.9 Å². The van der Waals surface area contributed by atoms with Crippen molar-refractivity contribution in [2.24, 2.45) is 0 Å². The fourth-order valence-corrected chi connectivity index (χ4v) is 1.88. The first-order valence-electron chi connectivity index (χ1n) is 7.28. The van der Waals surface area contributed by atoms with Gasteiger partial charge in [0.15, 0.2) is 0 Å². The van der Waals surface area contributed by atoms with Crippen LogP contribution in [0.3, 0.4) is 0 Å². The van der Waals surface area contributed by atoms with Gasteiger partial charge in [0.1, 0.15) is 5.75 Å². The molecule has 0 fully saturated rings. The third kappa shape index (κ3) is 7.71. The van der Waals surface area contributed by atoms with Gasteiger partial charge in [0.25, 0.3) is 0 Å². The zero-order chi connectivity index (χ0) is 15.5. The van der Waals surface area contributed by atoms with E-state index in [-0.39, 0.29) is 12.4 Å². The first kappa shape index (κ1) is 17.5. The Morgan fingerprint density at radius 2 is 1.57 bits per heavy atom. The van der Waals surface area contributed by atoms with Crippen LogP contribution < -0.4 is 4.74 Å². The molecule has 0 heterocycles. The van der Waals surface area contributed by atoms with Gasteiger partial charge in [-0.2, -0.15) is 0 Å². The smallest absolute Gasteiger partial charge is 0.422 e. The van der Waals surface area contributed by atoms with Gasteiger partial charge in [-0.1, -0.05) is 50.6 Å². The molecule has 1 rings (SSSR count). The summed E-state index contributed by atoms with van der Waals surface area (Å²) in [5, 5.41) is 0.528. The quantitative estimate of drug-likeness (QED) is 0.313. The molecule has 0 unspecified atom stereocenters. The van der Waals surface area contributed by atoms with Crippen LogP contribution in [0.1, 0.15) is 45.4 Å². The lowest BCUT2D eigenvalue weighted by Crippen LogP contribution is -2.23. The lowest BCUT2D eigenvalue weighted by Gasteiger charge is -2.05. The van der Waals surface area contributed by atoms with Crippen molar-refractivity contribution in [3.63, 3.8) is 0 Å². The Hall–Kier alpha value is -1.55. The Bertz CT molecular complexity index is 442. The van der Waals surface area contributed by atoms with E-state index < -0.39 is 11.9 Å². The van der Waals surface area contributed by atoms with Crippen LogP contribution >= 0.6 is 11.6 Å². The fraction of sp³-hybridized carbons (Fsp3) is 0.500. The standard InChI is InChI=1S/C16H21ClO4/c1-2-3-4-5-6-7-12-20-15(18)16(19)21-14-10-8-13(17)9-11-14/h8-11H,2-7,12H2,1H3. The van der Waals surface area contributed by atoms with Gasteiger partial charge in [0.2, 0.25) is 0 Å². The van der Waals surface area contributed by atoms with E-state index in [0.29, 0.717) is 5.02 Å². The van der Waals surface area contributed by atoms with E-state index in [1.807, 2.05) is 0 Å². The first-order chi connectivity index (χ1) is 10.1. The predicted octanol–water partition coefficient (Wildman–Crippen LogP) is 4.15. The summed E-state index contributed by atoms with van der Waals surface area (Å²) in [7, 11) is 0. The maximum Gasteiger partial charge on any atom is 0.422 e. The molecule has 21 heavy (non-hydrogen) atoms. The highest BCUT2D eigenvalue weighted by molar-refractivity contribution is 6.31. The van der Waals surface area contributed by atoms with Crippen LogP contribution in [0.5, 0.6) is 5.75 Å². The summed E-state index contributed by atoms with van der Waals surface area (Å²) in [4.78, 5) is 22.9. The first-order valence-corrected chi connectivity index (χ1v) is 7.65. The molecule has 0 atom stereocenters. The lowest BCUT2D eigenvalue weighted by atomic mass is 10.1. The zero-order valence-corrected chi connectivity index (χ0v) is 13.0. The normalized spacial score (nSPS) is 10.2. The third-order valence-corrected chi connectivity index (χ3v) is 3.17. The fourth-order valence-electron chi connectivity index (χ4n) is 1.76. The molecule has 0 aliphatic carbocycles. The van der Waals surface area contributed by atoms with E-state index >= 15 is 0 Å². The molecule has 0 N–H and O–H groups in total. The monoisotopic (exact) mass is 312 g/mol. The number of hydrogen-bond donors (Lipinski definition) is 0. The van der Waals surface area contributed by atoms with Crippen molar-refractivity contribution in [1.82, 2.24) is 0 Å². The Kier molecular flexibility index (Phi) is 8.51. The molecule has 116 valence electrons. The molecule has 0 amide bonds. The van der Waals surface area contributed by atoms with E-state index in [4.69, 9.17) is 21.1 Å². The van der Waals surface area contributed by atoms with Crippen molar-refractivity contribution in [1.29, 1.82) is 0 Å². The molecule has 0 aromatic heterocycles. The number of unbranched alkanes of at least 4 members (excludes halogenated alkanes) is 5. The van der Waals surface area contributed by atoms with E-state index in [2.05, 4.69) is 6.92 Å². The number of ether oxygens (including phenoxy) is 2. The van der Waals surface area contributed by atoms with Crippen LogP contribution in [0.15, 0.2) is 24.3 Å². The van der Waals surface area contributed by atoms with Crippen molar-refractivity contribution < 1.29 is 19.1 Å². The average Bonchev–Trinajstić information content (AvgIpc) is 2.48. The molecule has 0 saturated carbocycles. The van der Waals surface area contributed by atoms with Crippen molar-refractivity contribution >= 4 is 23.5 Å². The summed E-state index contributed by atoms with van der Waals surface area (Å²) in [6, 6.07) is 6.18. The SMILES string of the molecule is CCCCCCCCOC(=O)C(=O)Oc1ccc(Cl)cc1. The van der Waals surface area contributed by atoms with Gasteiger partial charge in [0.05, 0.1) is 6.61 Å². The van der Waals surface area contributed by atoms with Crippen LogP contribution in [-0.2, 0) is 14.3 Å². The largest absolute Gasteiger partial charge is 0.457 e. The van der Waals surface area contributed by atoms with Gasteiger partial charge in [-0.05, 0) is 30.7 Å². The van der Waals surface area contributed by atoms with Crippen molar-refractivity contribution in [2.45, 2.75) is 45.4 Å². The third-order valence-electron chi connectivity index (χ3n) is 2.92. The Balaban J connectivity index is 2.16. The van der Waals surface area contributed by atoms with Crippen LogP contribution in [0.4, 0.5) is 0 Å². The maximum atomic E-state index is 11.5. The van der Waals surface area contributed by atoms with Gasteiger partial charge in [0, 0.05) is 5.02 Å². The van der Waals surface area contributed by atoms with Crippen LogP contribution in [0.2, 0.25) is 5.02 Å². The number of esters is 2. The molecule has 0 aliphatic rings. The second kappa shape index (κ2) is 10.2. The molecule has 0 bridgehead atoms. The number of hydrogen-bond acceptors (Lipinski definition) is 4. The number of rotatable bonds is 8. The lowest BCUT2D eigenvalue weighted by molar-refractivity contribution is -0.162. The van der Waals surface area contributed by atoms with Crippen molar-refractivity contribution in [3.05, 3.63) is 29.3 Å². The topological polar surface area (TPSA) is 52.6 Å².